The lowest BCUT2D eigenvalue weighted by molar-refractivity contribution is -0.119. The van der Waals surface area contributed by atoms with Crippen LogP contribution in [-0.2, 0) is 11.3 Å². The standard InChI is InChI=1S/C17H16N2O2/c1-11-4-3-5-13(8-11)10-19-15-7-6-12(2)9-14(15)16(18-21)17(19)20/h3-9,16H,10H2,1-2H3. The van der Waals surface area contributed by atoms with Gasteiger partial charge >= 0.3 is 0 Å². The van der Waals surface area contributed by atoms with Crippen LogP contribution in [0.25, 0.3) is 0 Å². The summed E-state index contributed by atoms with van der Waals surface area (Å²) in [5.41, 5.74) is 4.71. The molecule has 0 saturated heterocycles. The Labute approximate surface area is 123 Å². The third-order valence-electron chi connectivity index (χ3n) is 3.80. The predicted molar refractivity (Wildman–Crippen MR) is 82.1 cm³/mol. The number of benzene rings is 2. The first-order valence-corrected chi connectivity index (χ1v) is 6.90. The number of rotatable bonds is 3. The van der Waals surface area contributed by atoms with Crippen LogP contribution in [0.3, 0.4) is 0 Å². The molecule has 3 rings (SSSR count). The molecule has 2 aromatic carbocycles. The van der Waals surface area contributed by atoms with Crippen LogP contribution in [0, 0.1) is 18.8 Å². The van der Waals surface area contributed by atoms with Crippen LogP contribution in [0.1, 0.15) is 28.3 Å². The maximum absolute atomic E-state index is 12.4. The SMILES string of the molecule is Cc1cccc(CN2C(=O)C(N=O)c3cc(C)ccc32)c1. The van der Waals surface area contributed by atoms with Gasteiger partial charge in [0.15, 0.2) is 6.04 Å². The fourth-order valence-corrected chi connectivity index (χ4v) is 2.80. The van der Waals surface area contributed by atoms with Gasteiger partial charge in [0.25, 0.3) is 5.91 Å². The molecule has 4 heteroatoms. The molecule has 1 heterocycles. The third-order valence-corrected chi connectivity index (χ3v) is 3.80. The van der Waals surface area contributed by atoms with E-state index < -0.39 is 6.04 Å². The molecule has 4 nitrogen and oxygen atoms in total. The van der Waals surface area contributed by atoms with E-state index in [1.54, 1.807) is 4.90 Å². The van der Waals surface area contributed by atoms with Crippen molar-refractivity contribution in [1.82, 2.24) is 0 Å². The smallest absolute Gasteiger partial charge is 0.260 e. The van der Waals surface area contributed by atoms with E-state index in [1.165, 1.54) is 0 Å². The zero-order chi connectivity index (χ0) is 15.0. The lowest BCUT2D eigenvalue weighted by Crippen LogP contribution is -2.27. The van der Waals surface area contributed by atoms with Crippen molar-refractivity contribution in [2.24, 2.45) is 5.18 Å². The van der Waals surface area contributed by atoms with E-state index in [0.29, 0.717) is 12.1 Å². The Morgan fingerprint density at radius 3 is 2.57 bits per heavy atom. The zero-order valence-electron chi connectivity index (χ0n) is 12.0. The molecule has 1 atom stereocenters. The average molecular weight is 280 g/mol. The van der Waals surface area contributed by atoms with Crippen molar-refractivity contribution in [3.05, 3.63) is 69.6 Å². The second kappa shape index (κ2) is 5.13. The van der Waals surface area contributed by atoms with Gasteiger partial charge in [0.05, 0.1) is 12.2 Å². The van der Waals surface area contributed by atoms with Crippen molar-refractivity contribution < 1.29 is 4.79 Å². The number of hydrogen-bond acceptors (Lipinski definition) is 3. The van der Waals surface area contributed by atoms with E-state index in [9.17, 15) is 9.70 Å². The summed E-state index contributed by atoms with van der Waals surface area (Å²) in [6.45, 7) is 4.42. The van der Waals surface area contributed by atoms with Gasteiger partial charge in [0.2, 0.25) is 0 Å². The van der Waals surface area contributed by atoms with Gasteiger partial charge in [-0.3, -0.25) is 4.79 Å². The Hall–Kier alpha value is -2.49. The van der Waals surface area contributed by atoms with E-state index >= 15 is 0 Å². The van der Waals surface area contributed by atoms with Crippen molar-refractivity contribution >= 4 is 11.6 Å². The Kier molecular flexibility index (Phi) is 3.29. The second-order valence-corrected chi connectivity index (χ2v) is 5.48. The molecule has 2 aromatic rings. The first-order chi connectivity index (χ1) is 10.1. The first kappa shape index (κ1) is 13.5. The Balaban J connectivity index is 2.00. The van der Waals surface area contributed by atoms with Gasteiger partial charge in [-0.15, -0.1) is 4.91 Å². The summed E-state index contributed by atoms with van der Waals surface area (Å²) in [4.78, 5) is 25.1. The molecule has 0 N–H and O–H groups in total. The molecule has 1 unspecified atom stereocenters. The molecule has 1 aliphatic heterocycles. The van der Waals surface area contributed by atoms with Crippen LogP contribution < -0.4 is 4.90 Å². The van der Waals surface area contributed by atoms with Crippen molar-refractivity contribution in [1.29, 1.82) is 0 Å². The predicted octanol–water partition coefficient (Wildman–Crippen LogP) is 3.66. The number of fused-ring (bicyclic) bond motifs is 1. The van der Waals surface area contributed by atoms with Gasteiger partial charge < -0.3 is 4.90 Å². The highest BCUT2D eigenvalue weighted by molar-refractivity contribution is 6.04. The summed E-state index contributed by atoms with van der Waals surface area (Å²) >= 11 is 0. The minimum Gasteiger partial charge on any atom is -0.305 e. The quantitative estimate of drug-likeness (QED) is 0.806. The molecule has 0 aromatic heterocycles. The molecule has 0 fully saturated rings. The molecule has 0 aliphatic carbocycles. The highest BCUT2D eigenvalue weighted by Gasteiger charge is 2.38. The van der Waals surface area contributed by atoms with E-state index in [1.807, 2.05) is 56.3 Å². The molecular formula is C17H16N2O2. The van der Waals surface area contributed by atoms with Gasteiger partial charge in [0, 0.05) is 5.56 Å². The van der Waals surface area contributed by atoms with Crippen molar-refractivity contribution in [3.8, 4) is 0 Å². The molecular weight excluding hydrogens is 264 g/mol. The number of nitroso groups, excluding NO2 is 1. The number of aryl methyl sites for hydroxylation is 2. The van der Waals surface area contributed by atoms with Crippen LogP contribution in [0.4, 0.5) is 5.69 Å². The first-order valence-electron chi connectivity index (χ1n) is 6.90. The summed E-state index contributed by atoms with van der Waals surface area (Å²) in [5, 5.41) is 3.02. The van der Waals surface area contributed by atoms with Crippen molar-refractivity contribution in [2.75, 3.05) is 4.90 Å². The summed E-state index contributed by atoms with van der Waals surface area (Å²) in [7, 11) is 0. The topological polar surface area (TPSA) is 49.7 Å². The summed E-state index contributed by atoms with van der Waals surface area (Å²) in [6.07, 6.45) is 0. The minimum absolute atomic E-state index is 0.243. The number of anilines is 1. The van der Waals surface area contributed by atoms with Crippen LogP contribution in [0.2, 0.25) is 0 Å². The Morgan fingerprint density at radius 2 is 1.86 bits per heavy atom. The van der Waals surface area contributed by atoms with Gasteiger partial charge in [0.1, 0.15) is 0 Å². The number of carbonyl (C=O) groups excluding carboxylic acids is 1. The zero-order valence-corrected chi connectivity index (χ0v) is 12.0. The van der Waals surface area contributed by atoms with Gasteiger partial charge in [-0.2, -0.15) is 0 Å². The van der Waals surface area contributed by atoms with Crippen LogP contribution in [0.5, 0.6) is 0 Å². The number of nitrogens with zero attached hydrogens (tertiary/aromatic N) is 2. The molecule has 1 amide bonds. The van der Waals surface area contributed by atoms with Gasteiger partial charge in [-0.25, -0.2) is 0 Å². The average Bonchev–Trinajstić information content (AvgIpc) is 2.70. The summed E-state index contributed by atoms with van der Waals surface area (Å²) in [6, 6.07) is 12.8. The molecule has 0 spiro atoms. The van der Waals surface area contributed by atoms with E-state index in [-0.39, 0.29) is 5.91 Å². The third kappa shape index (κ3) is 2.33. The maximum Gasteiger partial charge on any atom is 0.260 e. The molecule has 0 bridgehead atoms. The summed E-state index contributed by atoms with van der Waals surface area (Å²) < 4.78 is 0. The van der Waals surface area contributed by atoms with Crippen molar-refractivity contribution in [3.63, 3.8) is 0 Å². The fraction of sp³-hybridized carbons (Fsp3) is 0.235. The minimum atomic E-state index is -0.912. The van der Waals surface area contributed by atoms with E-state index in [2.05, 4.69) is 5.18 Å². The maximum atomic E-state index is 12.4. The molecule has 1 aliphatic rings. The lowest BCUT2D eigenvalue weighted by Gasteiger charge is -2.17. The van der Waals surface area contributed by atoms with Gasteiger partial charge in [-0.05, 0) is 25.5 Å². The molecule has 0 radical (unpaired) electrons. The largest absolute Gasteiger partial charge is 0.305 e. The number of amides is 1. The van der Waals surface area contributed by atoms with E-state index in [0.717, 1.165) is 22.4 Å². The lowest BCUT2D eigenvalue weighted by atomic mass is 10.1. The number of hydrogen-bond donors (Lipinski definition) is 0. The fourth-order valence-electron chi connectivity index (χ4n) is 2.80. The van der Waals surface area contributed by atoms with E-state index in [4.69, 9.17) is 0 Å². The monoisotopic (exact) mass is 280 g/mol. The van der Waals surface area contributed by atoms with Crippen LogP contribution >= 0.6 is 0 Å². The highest BCUT2D eigenvalue weighted by Crippen LogP contribution is 2.39. The summed E-state index contributed by atoms with van der Waals surface area (Å²) in [5.74, 6) is -0.243. The molecule has 106 valence electrons. The number of carbonyl (C=O) groups is 1. The second-order valence-electron chi connectivity index (χ2n) is 5.48. The molecule has 21 heavy (non-hydrogen) atoms. The van der Waals surface area contributed by atoms with Crippen LogP contribution in [0.15, 0.2) is 47.6 Å². The van der Waals surface area contributed by atoms with Crippen LogP contribution in [-0.4, -0.2) is 5.91 Å². The normalized spacial score (nSPS) is 17.0. The molecule has 0 saturated carbocycles. The van der Waals surface area contributed by atoms with Gasteiger partial charge in [-0.1, -0.05) is 52.7 Å². The Bertz CT molecular complexity index is 724. The Morgan fingerprint density at radius 1 is 1.10 bits per heavy atom. The highest BCUT2D eigenvalue weighted by atomic mass is 16.3. The van der Waals surface area contributed by atoms with Crippen molar-refractivity contribution in [2.45, 2.75) is 26.4 Å².